The molecule has 1 aliphatic carbocycles. The standard InChI is InChI=1S/C45H48ClN7O6/c46-36-23-34(12-9-30(36)24-47)59-41-31-3-1-4-32(41)27-52(26-31)43(56)29-7-10-33(11-8-29)50-21-19-49(20-22-50)25-28-15-17-51(18-16-28)37-6-2-5-35-40(37)45(58)53(44(35)57)38-13-14-39(54)48-42(38)55/h2,5-12,23,28,31-32,38,41H,1,3-4,13-22,25-27H2,(H,48,54,55). The van der Waals surface area contributed by atoms with Crippen LogP contribution in [-0.2, 0) is 9.59 Å². The van der Waals surface area contributed by atoms with Gasteiger partial charge in [-0.2, -0.15) is 5.26 Å². The summed E-state index contributed by atoms with van der Waals surface area (Å²) in [4.78, 5) is 75.2. The van der Waals surface area contributed by atoms with Gasteiger partial charge in [-0.05, 0) is 86.6 Å². The van der Waals surface area contributed by atoms with Gasteiger partial charge in [0.05, 0.1) is 27.4 Å². The number of nitriles is 1. The van der Waals surface area contributed by atoms with Gasteiger partial charge < -0.3 is 19.4 Å². The number of ether oxygens (including phenoxy) is 1. The number of piperidine rings is 3. The number of hydrogen-bond acceptors (Lipinski definition) is 10. The number of fused-ring (bicyclic) bond motifs is 3. The topological polar surface area (TPSA) is 147 Å². The number of nitrogens with one attached hydrogen (secondary N) is 1. The second-order valence-electron chi connectivity index (χ2n) is 16.9. The summed E-state index contributed by atoms with van der Waals surface area (Å²) in [6.45, 7) is 7.59. The van der Waals surface area contributed by atoms with Crippen molar-refractivity contribution in [3.63, 3.8) is 0 Å². The largest absolute Gasteiger partial charge is 0.490 e. The lowest BCUT2D eigenvalue weighted by atomic mass is 9.75. The van der Waals surface area contributed by atoms with Crippen LogP contribution in [0.25, 0.3) is 0 Å². The van der Waals surface area contributed by atoms with E-state index in [0.29, 0.717) is 52.0 Å². The summed E-state index contributed by atoms with van der Waals surface area (Å²) in [5, 5.41) is 11.9. The van der Waals surface area contributed by atoms with E-state index in [1.54, 1.807) is 30.3 Å². The zero-order valence-corrected chi connectivity index (χ0v) is 33.7. The molecular weight excluding hydrogens is 770 g/mol. The molecule has 1 N–H and O–H groups in total. The summed E-state index contributed by atoms with van der Waals surface area (Å²) in [6.07, 6.45) is 5.33. The summed E-state index contributed by atoms with van der Waals surface area (Å²) in [5.41, 5.74) is 3.67. The lowest BCUT2D eigenvalue weighted by Gasteiger charge is -2.47. The number of nitrogens with zero attached hydrogens (tertiary/aromatic N) is 6. The molecule has 5 fully saturated rings. The van der Waals surface area contributed by atoms with E-state index in [9.17, 15) is 29.2 Å². The molecule has 0 radical (unpaired) electrons. The van der Waals surface area contributed by atoms with Crippen LogP contribution in [0, 0.1) is 29.1 Å². The molecule has 0 spiro atoms. The van der Waals surface area contributed by atoms with Crippen LogP contribution in [0.1, 0.15) is 81.6 Å². The average molecular weight is 818 g/mol. The van der Waals surface area contributed by atoms with Gasteiger partial charge in [-0.3, -0.25) is 39.1 Å². The molecule has 13 nitrogen and oxygen atoms in total. The third-order valence-electron chi connectivity index (χ3n) is 13.4. The molecule has 2 bridgehead atoms. The summed E-state index contributed by atoms with van der Waals surface area (Å²) < 4.78 is 6.45. The molecule has 3 aromatic rings. The quantitative estimate of drug-likeness (QED) is 0.310. The first-order valence-corrected chi connectivity index (χ1v) is 21.4. The minimum atomic E-state index is -0.979. The lowest BCUT2D eigenvalue weighted by Crippen LogP contribution is -2.55. The maximum Gasteiger partial charge on any atom is 0.264 e. The van der Waals surface area contributed by atoms with Crippen molar-refractivity contribution in [1.82, 2.24) is 20.0 Å². The molecule has 5 amide bonds. The Hall–Kier alpha value is -5.45. The first-order chi connectivity index (χ1) is 28.6. The van der Waals surface area contributed by atoms with Crippen LogP contribution in [0.4, 0.5) is 11.4 Å². The molecule has 5 aliphatic heterocycles. The molecule has 5 heterocycles. The molecule has 306 valence electrons. The van der Waals surface area contributed by atoms with E-state index in [4.69, 9.17) is 16.3 Å². The molecule has 9 rings (SSSR count). The Bertz CT molecular complexity index is 2200. The fourth-order valence-electron chi connectivity index (χ4n) is 10.2. The Morgan fingerprint density at radius 2 is 1.56 bits per heavy atom. The Balaban J connectivity index is 0.746. The number of rotatable bonds is 8. The second-order valence-corrected chi connectivity index (χ2v) is 17.3. The maximum absolute atomic E-state index is 13.8. The van der Waals surface area contributed by atoms with Gasteiger partial charge in [-0.1, -0.05) is 24.1 Å². The summed E-state index contributed by atoms with van der Waals surface area (Å²) in [5.74, 6) is -0.199. The highest BCUT2D eigenvalue weighted by Gasteiger charge is 2.47. The Morgan fingerprint density at radius 3 is 2.24 bits per heavy atom. The predicted octanol–water partition coefficient (Wildman–Crippen LogP) is 4.97. The van der Waals surface area contributed by atoms with E-state index in [1.165, 1.54) is 0 Å². The van der Waals surface area contributed by atoms with Crippen LogP contribution in [-0.4, -0.2) is 115 Å². The molecule has 3 unspecified atom stereocenters. The van der Waals surface area contributed by atoms with Crippen LogP contribution in [0.15, 0.2) is 60.7 Å². The molecule has 4 saturated heterocycles. The van der Waals surface area contributed by atoms with Crippen molar-refractivity contribution in [2.75, 3.05) is 68.7 Å². The normalized spacial score (nSPS) is 25.2. The second kappa shape index (κ2) is 16.3. The highest BCUT2D eigenvalue weighted by atomic mass is 35.5. The van der Waals surface area contributed by atoms with Crippen LogP contribution in [0.5, 0.6) is 5.75 Å². The number of amides is 5. The van der Waals surface area contributed by atoms with E-state index >= 15 is 0 Å². The monoisotopic (exact) mass is 817 g/mol. The number of anilines is 2. The zero-order valence-electron chi connectivity index (χ0n) is 33.0. The van der Waals surface area contributed by atoms with Crippen LogP contribution < -0.4 is 19.9 Å². The first kappa shape index (κ1) is 39.0. The number of benzene rings is 3. The third kappa shape index (κ3) is 7.64. The van der Waals surface area contributed by atoms with Crippen molar-refractivity contribution in [3.8, 4) is 11.8 Å². The molecule has 3 aromatic carbocycles. The van der Waals surface area contributed by atoms with E-state index in [2.05, 4.69) is 38.2 Å². The van der Waals surface area contributed by atoms with Crippen molar-refractivity contribution >= 4 is 52.5 Å². The van der Waals surface area contributed by atoms with E-state index in [-0.39, 0.29) is 42.6 Å². The Labute approximate surface area is 348 Å². The number of imide groups is 2. The summed E-state index contributed by atoms with van der Waals surface area (Å²) in [7, 11) is 0. The fraction of sp³-hybridized carbons (Fsp3) is 0.467. The Kier molecular flexibility index (Phi) is 10.8. The average Bonchev–Trinajstić information content (AvgIpc) is 3.49. The molecule has 14 heteroatoms. The highest BCUT2D eigenvalue weighted by molar-refractivity contribution is 6.31. The van der Waals surface area contributed by atoms with Gasteiger partial charge in [0.1, 0.15) is 24.0 Å². The maximum atomic E-state index is 13.8. The minimum Gasteiger partial charge on any atom is -0.490 e. The molecule has 59 heavy (non-hydrogen) atoms. The molecule has 6 aliphatic rings. The van der Waals surface area contributed by atoms with E-state index in [1.807, 2.05) is 23.1 Å². The molecule has 1 saturated carbocycles. The number of halogens is 1. The molecule has 3 atom stereocenters. The zero-order chi connectivity index (χ0) is 40.8. The molecule has 0 aromatic heterocycles. The third-order valence-corrected chi connectivity index (χ3v) is 13.7. The van der Waals surface area contributed by atoms with Crippen molar-refractivity contribution in [1.29, 1.82) is 5.26 Å². The van der Waals surface area contributed by atoms with Crippen molar-refractivity contribution in [2.24, 2.45) is 17.8 Å². The van der Waals surface area contributed by atoms with Gasteiger partial charge in [0, 0.05) is 94.5 Å². The number of carbonyl (C=O) groups is 5. The summed E-state index contributed by atoms with van der Waals surface area (Å²) in [6, 6.07) is 19.8. The van der Waals surface area contributed by atoms with Crippen LogP contribution in [0.2, 0.25) is 5.02 Å². The molecular formula is C45H48ClN7O6. The Morgan fingerprint density at radius 1 is 0.831 bits per heavy atom. The SMILES string of the molecule is N#Cc1ccc(OC2C3CCCC2CN(C(=O)c2ccc(N4CCN(CC5CCN(c6cccc7c6C(=O)N(C6CCC(=O)NC6=O)C7=O)CC5)CC4)cc2)C3)cc1Cl. The van der Waals surface area contributed by atoms with Gasteiger partial charge in [0.15, 0.2) is 0 Å². The predicted molar refractivity (Wildman–Crippen MR) is 220 cm³/mol. The lowest BCUT2D eigenvalue weighted by molar-refractivity contribution is -0.136. The van der Waals surface area contributed by atoms with Gasteiger partial charge in [-0.25, -0.2) is 0 Å². The number of piperazine rings is 1. The number of likely N-dealkylation sites (tertiary alicyclic amines) is 1. The van der Waals surface area contributed by atoms with Crippen LogP contribution in [0.3, 0.4) is 0 Å². The first-order valence-electron chi connectivity index (χ1n) is 21.0. The number of carbonyl (C=O) groups excluding carboxylic acids is 5. The fourth-order valence-corrected chi connectivity index (χ4v) is 10.4. The van der Waals surface area contributed by atoms with Gasteiger partial charge in [-0.15, -0.1) is 0 Å². The smallest absolute Gasteiger partial charge is 0.264 e. The van der Waals surface area contributed by atoms with Crippen molar-refractivity contribution in [3.05, 3.63) is 87.9 Å². The highest BCUT2D eigenvalue weighted by Crippen LogP contribution is 2.39. The van der Waals surface area contributed by atoms with Gasteiger partial charge in [0.25, 0.3) is 17.7 Å². The minimum absolute atomic E-state index is 0.0161. The van der Waals surface area contributed by atoms with Gasteiger partial charge >= 0.3 is 0 Å². The van der Waals surface area contributed by atoms with Crippen molar-refractivity contribution in [2.45, 2.75) is 57.1 Å². The van der Waals surface area contributed by atoms with Crippen LogP contribution >= 0.6 is 11.6 Å². The van der Waals surface area contributed by atoms with E-state index in [0.717, 1.165) is 94.2 Å². The van der Waals surface area contributed by atoms with E-state index < -0.39 is 23.8 Å². The number of hydrogen-bond donors (Lipinski definition) is 1. The van der Waals surface area contributed by atoms with Crippen molar-refractivity contribution < 1.29 is 28.7 Å². The summed E-state index contributed by atoms with van der Waals surface area (Å²) >= 11 is 6.28. The van der Waals surface area contributed by atoms with Gasteiger partial charge in [0.2, 0.25) is 11.8 Å².